The largest absolute Gasteiger partial charge is 0.756 e. The molecule has 48 heavy (non-hydrogen) atoms. The summed E-state index contributed by atoms with van der Waals surface area (Å²) in [5.74, 6) is -0.341. The number of hydrogen-bond donors (Lipinski definition) is 0. The van der Waals surface area contributed by atoms with E-state index < -0.39 is 13.9 Å². The lowest BCUT2D eigenvalue weighted by Gasteiger charge is -2.28. The number of quaternary nitrogens is 1. The van der Waals surface area contributed by atoms with Gasteiger partial charge in [-0.1, -0.05) is 142 Å². The summed E-state index contributed by atoms with van der Waals surface area (Å²) in [5.41, 5.74) is 0. The summed E-state index contributed by atoms with van der Waals surface area (Å²) >= 11 is 0. The molecule has 0 amide bonds. The molecule has 0 saturated carbocycles. The number of allylic oxidation sites excluding steroid dienone is 2. The minimum Gasteiger partial charge on any atom is -0.756 e. The van der Waals surface area contributed by atoms with E-state index in [2.05, 4.69) is 26.0 Å². The van der Waals surface area contributed by atoms with Gasteiger partial charge in [0.2, 0.25) is 0 Å². The topological polar surface area (TPSA) is 94.1 Å². The van der Waals surface area contributed by atoms with Crippen LogP contribution in [0.1, 0.15) is 174 Å². The Hall–Kier alpha value is -0.760. The summed E-state index contributed by atoms with van der Waals surface area (Å²) in [6, 6.07) is 0. The Balaban J connectivity index is 4.28. The number of carbonyl (C=O) groups excluding carboxylic acids is 1. The van der Waals surface area contributed by atoms with E-state index in [9.17, 15) is 14.3 Å². The van der Waals surface area contributed by atoms with Gasteiger partial charge in [0.05, 0.1) is 34.4 Å². The third kappa shape index (κ3) is 36.5. The number of unbranched alkanes of at least 4 members (excludes halogenated alkanes) is 21. The fourth-order valence-electron chi connectivity index (χ4n) is 5.42. The first-order valence-electron chi connectivity index (χ1n) is 19.9. The maximum Gasteiger partial charge on any atom is 0.306 e. The molecule has 286 valence electrons. The van der Waals surface area contributed by atoms with E-state index in [4.69, 9.17) is 18.5 Å². The second-order valence-electron chi connectivity index (χ2n) is 14.6. The predicted octanol–water partition coefficient (Wildman–Crippen LogP) is 10.5. The van der Waals surface area contributed by atoms with Crippen molar-refractivity contribution in [3.8, 4) is 0 Å². The molecule has 8 nitrogen and oxygen atoms in total. The molecule has 0 bridgehead atoms. The normalized spacial score (nSPS) is 14.0. The molecule has 2 atom stereocenters. The van der Waals surface area contributed by atoms with Crippen LogP contribution in [0.4, 0.5) is 0 Å². The average molecular weight is 704 g/mol. The van der Waals surface area contributed by atoms with E-state index in [1.807, 2.05) is 21.1 Å². The van der Waals surface area contributed by atoms with Crippen molar-refractivity contribution in [3.05, 3.63) is 12.2 Å². The van der Waals surface area contributed by atoms with Crippen molar-refractivity contribution in [2.45, 2.75) is 180 Å². The highest BCUT2D eigenvalue weighted by atomic mass is 31.2. The highest BCUT2D eigenvalue weighted by Gasteiger charge is 2.20. The van der Waals surface area contributed by atoms with Crippen LogP contribution in [0.25, 0.3) is 0 Å². The highest BCUT2D eigenvalue weighted by molar-refractivity contribution is 7.45. The zero-order chi connectivity index (χ0) is 35.6. The van der Waals surface area contributed by atoms with Gasteiger partial charge in [-0.2, -0.15) is 0 Å². The second-order valence-corrected chi connectivity index (χ2v) is 16.1. The van der Waals surface area contributed by atoms with Crippen LogP contribution in [0.15, 0.2) is 12.2 Å². The van der Waals surface area contributed by atoms with E-state index in [1.54, 1.807) is 0 Å². The summed E-state index contributed by atoms with van der Waals surface area (Å²) in [5, 5.41) is 0. The van der Waals surface area contributed by atoms with Gasteiger partial charge in [-0.3, -0.25) is 9.36 Å². The zero-order valence-corrected chi connectivity index (χ0v) is 33.1. The number of phosphoric acid groups is 1. The van der Waals surface area contributed by atoms with Gasteiger partial charge in [0.25, 0.3) is 7.82 Å². The number of ether oxygens (including phenoxy) is 2. The Morgan fingerprint density at radius 1 is 0.625 bits per heavy atom. The van der Waals surface area contributed by atoms with Crippen LogP contribution in [0.2, 0.25) is 0 Å². The molecule has 0 spiro atoms. The number of likely N-dealkylation sites (N-methyl/N-ethyl adjacent to an activating group) is 1. The van der Waals surface area contributed by atoms with Crippen molar-refractivity contribution in [1.29, 1.82) is 0 Å². The molecule has 0 saturated heterocycles. The van der Waals surface area contributed by atoms with Gasteiger partial charge in [-0.15, -0.1) is 0 Å². The van der Waals surface area contributed by atoms with Crippen LogP contribution in [-0.2, 0) is 27.9 Å². The summed E-state index contributed by atoms with van der Waals surface area (Å²) in [4.78, 5) is 24.9. The maximum absolute atomic E-state index is 12.6. The van der Waals surface area contributed by atoms with Gasteiger partial charge in [0, 0.05) is 13.0 Å². The first kappa shape index (κ1) is 47.2. The standard InChI is InChI=1S/C39H78NO7P/c1-6-8-10-12-14-16-18-19-20-21-22-24-26-28-30-32-39(41)47-38(37-46-48(42,43)45-35-33-40(3,4)5)36-44-34-31-29-27-25-23-17-15-13-11-9-7-2/h19-20,38H,6-18,21-37H2,1-5H3/b20-19-. The molecule has 0 aromatic carbocycles. The number of rotatable bonds is 37. The van der Waals surface area contributed by atoms with Gasteiger partial charge in [0.15, 0.2) is 0 Å². The van der Waals surface area contributed by atoms with Crippen LogP contribution < -0.4 is 4.89 Å². The second kappa shape index (κ2) is 33.4. The summed E-state index contributed by atoms with van der Waals surface area (Å²) in [7, 11) is 1.36. The van der Waals surface area contributed by atoms with E-state index in [0.29, 0.717) is 24.1 Å². The van der Waals surface area contributed by atoms with Crippen LogP contribution in [0.3, 0.4) is 0 Å². The van der Waals surface area contributed by atoms with E-state index in [-0.39, 0.29) is 25.8 Å². The third-order valence-electron chi connectivity index (χ3n) is 8.57. The highest BCUT2D eigenvalue weighted by Crippen LogP contribution is 2.38. The summed E-state index contributed by atoms with van der Waals surface area (Å²) in [6.07, 6.45) is 33.5. The number of carbonyl (C=O) groups is 1. The van der Waals surface area contributed by atoms with E-state index >= 15 is 0 Å². The molecule has 0 fully saturated rings. The SMILES string of the molecule is CCCCCCCC/C=C\CCCCCCCC(=O)OC(COCCCCCCCCCCCCC)COP(=O)([O-])OCC[N+](C)(C)C. The van der Waals surface area contributed by atoms with Crippen LogP contribution in [0.5, 0.6) is 0 Å². The van der Waals surface area contributed by atoms with Crippen LogP contribution >= 0.6 is 7.82 Å². The lowest BCUT2D eigenvalue weighted by molar-refractivity contribution is -0.870. The molecule has 0 aliphatic heterocycles. The number of esters is 1. The lowest BCUT2D eigenvalue weighted by Crippen LogP contribution is -2.37. The Labute approximate surface area is 297 Å². The van der Waals surface area contributed by atoms with Crippen molar-refractivity contribution in [2.75, 3.05) is 54.1 Å². The van der Waals surface area contributed by atoms with Crippen molar-refractivity contribution >= 4 is 13.8 Å². The Bertz CT molecular complexity index is 787. The number of phosphoric ester groups is 1. The van der Waals surface area contributed by atoms with Crippen molar-refractivity contribution in [3.63, 3.8) is 0 Å². The number of nitrogens with zero attached hydrogens (tertiary/aromatic N) is 1. The molecular formula is C39H78NO7P. The van der Waals surface area contributed by atoms with Crippen molar-refractivity contribution < 1.29 is 37.3 Å². The van der Waals surface area contributed by atoms with Crippen molar-refractivity contribution in [2.24, 2.45) is 0 Å². The quantitative estimate of drug-likeness (QED) is 0.0209. The molecule has 0 N–H and O–H groups in total. The number of hydrogen-bond acceptors (Lipinski definition) is 7. The van der Waals surface area contributed by atoms with Gasteiger partial charge in [-0.25, -0.2) is 0 Å². The first-order chi connectivity index (χ1) is 23.1. The molecule has 0 aromatic heterocycles. The fraction of sp³-hybridized carbons (Fsp3) is 0.923. The van der Waals surface area contributed by atoms with Gasteiger partial charge >= 0.3 is 5.97 Å². The van der Waals surface area contributed by atoms with Gasteiger partial charge in [0.1, 0.15) is 19.3 Å². The Morgan fingerprint density at radius 3 is 1.58 bits per heavy atom. The summed E-state index contributed by atoms with van der Waals surface area (Å²) in [6.45, 7) is 5.41. The molecule has 9 heteroatoms. The maximum atomic E-state index is 12.6. The lowest BCUT2D eigenvalue weighted by atomic mass is 10.1. The van der Waals surface area contributed by atoms with E-state index in [0.717, 1.165) is 44.9 Å². The molecule has 0 aromatic rings. The Kier molecular flexibility index (Phi) is 32.9. The molecule has 2 unspecified atom stereocenters. The predicted molar refractivity (Wildman–Crippen MR) is 199 cm³/mol. The molecule has 0 heterocycles. The van der Waals surface area contributed by atoms with Crippen LogP contribution in [-0.4, -0.2) is 70.7 Å². The fourth-order valence-corrected chi connectivity index (χ4v) is 6.15. The molecule has 0 rings (SSSR count). The smallest absolute Gasteiger partial charge is 0.306 e. The minimum absolute atomic E-state index is 0.0274. The molecule has 0 aliphatic rings. The van der Waals surface area contributed by atoms with Gasteiger partial charge in [-0.05, 0) is 38.5 Å². The summed E-state index contributed by atoms with van der Waals surface area (Å²) < 4.78 is 34.4. The van der Waals surface area contributed by atoms with Gasteiger partial charge < -0.3 is 27.9 Å². The monoisotopic (exact) mass is 704 g/mol. The Morgan fingerprint density at radius 2 is 1.08 bits per heavy atom. The molecule has 0 aliphatic carbocycles. The average Bonchev–Trinajstić information content (AvgIpc) is 3.03. The zero-order valence-electron chi connectivity index (χ0n) is 32.2. The van der Waals surface area contributed by atoms with Crippen molar-refractivity contribution in [1.82, 2.24) is 0 Å². The van der Waals surface area contributed by atoms with E-state index in [1.165, 1.54) is 109 Å². The third-order valence-corrected chi connectivity index (χ3v) is 9.53. The molecular weight excluding hydrogens is 625 g/mol. The first-order valence-corrected chi connectivity index (χ1v) is 21.4. The van der Waals surface area contributed by atoms with Crippen LogP contribution in [0, 0.1) is 0 Å². The minimum atomic E-state index is -4.51. The molecule has 0 radical (unpaired) electrons.